The van der Waals surface area contributed by atoms with Gasteiger partial charge in [-0.15, -0.1) is 0 Å². The Hall–Kier alpha value is -1.55. The van der Waals surface area contributed by atoms with Crippen LogP contribution in [0, 0.1) is 12.8 Å². The fourth-order valence-corrected chi connectivity index (χ4v) is 3.30. The Kier molecular flexibility index (Phi) is 7.57. The van der Waals surface area contributed by atoms with Crippen molar-refractivity contribution in [3.8, 4) is 0 Å². The minimum absolute atomic E-state index is 0.649. The highest BCUT2D eigenvalue weighted by molar-refractivity contribution is 5.79. The first-order valence-electron chi connectivity index (χ1n) is 9.40. The topological polar surface area (TPSA) is 39.7 Å². The number of hydrogen-bond donors (Lipinski definition) is 2. The summed E-state index contributed by atoms with van der Waals surface area (Å²) in [6.07, 6.45) is 2.62. The second-order valence-electron chi connectivity index (χ2n) is 7.16. The van der Waals surface area contributed by atoms with Crippen LogP contribution in [0.2, 0.25) is 0 Å². The molecule has 1 aliphatic heterocycles. The number of rotatable bonds is 6. The molecular formula is C20H34N4. The summed E-state index contributed by atoms with van der Waals surface area (Å²) in [5.41, 5.74) is 2.55. The molecule has 1 aliphatic rings. The minimum atomic E-state index is 0.649. The maximum Gasteiger partial charge on any atom is 0.191 e. The Balaban J connectivity index is 1.87. The lowest BCUT2D eigenvalue weighted by Crippen LogP contribution is -2.46. The van der Waals surface area contributed by atoms with Crippen LogP contribution < -0.4 is 10.6 Å². The van der Waals surface area contributed by atoms with E-state index in [-0.39, 0.29) is 0 Å². The van der Waals surface area contributed by atoms with Crippen molar-refractivity contribution in [3.63, 3.8) is 0 Å². The summed E-state index contributed by atoms with van der Waals surface area (Å²) >= 11 is 0. The normalized spacial score (nSPS) is 19.5. The first-order valence-corrected chi connectivity index (χ1v) is 9.40. The smallest absolute Gasteiger partial charge is 0.191 e. The largest absolute Gasteiger partial charge is 0.357 e. The molecule has 1 fully saturated rings. The van der Waals surface area contributed by atoms with Crippen molar-refractivity contribution in [2.75, 3.05) is 26.2 Å². The Morgan fingerprint density at radius 3 is 2.88 bits per heavy atom. The van der Waals surface area contributed by atoms with Gasteiger partial charge in [-0.3, -0.25) is 0 Å². The summed E-state index contributed by atoms with van der Waals surface area (Å²) in [6.45, 7) is 13.9. The van der Waals surface area contributed by atoms with Gasteiger partial charge in [0.15, 0.2) is 5.96 Å². The van der Waals surface area contributed by atoms with Crippen molar-refractivity contribution < 1.29 is 0 Å². The van der Waals surface area contributed by atoms with Gasteiger partial charge in [-0.2, -0.15) is 0 Å². The Bertz CT molecular complexity index is 524. The standard InChI is InChI=1S/C20H34N4/c1-5-21-20(22-13-18-9-6-8-17(4)12-18)23-14-19-10-7-11-24(15-19)16(2)3/h6,8-9,12,16,19H,5,7,10-11,13-15H2,1-4H3,(H2,21,22,23). The van der Waals surface area contributed by atoms with Crippen LogP contribution in [0.4, 0.5) is 0 Å². The van der Waals surface area contributed by atoms with Crippen molar-refractivity contribution in [3.05, 3.63) is 35.4 Å². The van der Waals surface area contributed by atoms with Crippen molar-refractivity contribution >= 4 is 5.96 Å². The number of aryl methyl sites for hydroxylation is 1. The SMILES string of the molecule is CCNC(=NCc1cccc(C)c1)NCC1CCCN(C(C)C)C1. The highest BCUT2D eigenvalue weighted by Gasteiger charge is 2.21. The zero-order valence-electron chi connectivity index (χ0n) is 15.8. The number of likely N-dealkylation sites (tertiary alicyclic amines) is 1. The highest BCUT2D eigenvalue weighted by Crippen LogP contribution is 2.17. The molecule has 4 heteroatoms. The van der Waals surface area contributed by atoms with E-state index >= 15 is 0 Å². The number of nitrogens with zero attached hydrogens (tertiary/aromatic N) is 2. The van der Waals surface area contributed by atoms with E-state index in [2.05, 4.69) is 67.5 Å². The van der Waals surface area contributed by atoms with Crippen LogP contribution in [0.1, 0.15) is 44.7 Å². The van der Waals surface area contributed by atoms with E-state index in [4.69, 9.17) is 4.99 Å². The third-order valence-electron chi connectivity index (χ3n) is 4.69. The molecule has 1 aromatic rings. The van der Waals surface area contributed by atoms with Gasteiger partial charge < -0.3 is 15.5 Å². The molecule has 0 spiro atoms. The van der Waals surface area contributed by atoms with Crippen LogP contribution in [0.15, 0.2) is 29.3 Å². The average molecular weight is 331 g/mol. The second-order valence-corrected chi connectivity index (χ2v) is 7.16. The quantitative estimate of drug-likeness (QED) is 0.622. The number of piperidine rings is 1. The van der Waals surface area contributed by atoms with E-state index in [1.54, 1.807) is 0 Å². The van der Waals surface area contributed by atoms with Crippen molar-refractivity contribution in [2.45, 2.75) is 53.1 Å². The molecule has 1 heterocycles. The average Bonchev–Trinajstić information content (AvgIpc) is 2.57. The van der Waals surface area contributed by atoms with Gasteiger partial charge in [-0.1, -0.05) is 29.8 Å². The molecule has 0 amide bonds. The summed E-state index contributed by atoms with van der Waals surface area (Å²) in [7, 11) is 0. The predicted octanol–water partition coefficient (Wildman–Crippen LogP) is 3.17. The molecule has 4 nitrogen and oxygen atoms in total. The van der Waals surface area contributed by atoms with Gasteiger partial charge in [0.25, 0.3) is 0 Å². The van der Waals surface area contributed by atoms with E-state index in [1.807, 2.05) is 0 Å². The molecule has 1 atom stereocenters. The van der Waals surface area contributed by atoms with Crippen LogP contribution in [-0.2, 0) is 6.54 Å². The van der Waals surface area contributed by atoms with Gasteiger partial charge in [0, 0.05) is 25.7 Å². The number of benzene rings is 1. The zero-order valence-corrected chi connectivity index (χ0v) is 15.8. The van der Waals surface area contributed by atoms with Crippen LogP contribution in [-0.4, -0.2) is 43.1 Å². The first-order chi connectivity index (χ1) is 11.6. The predicted molar refractivity (Wildman–Crippen MR) is 103 cm³/mol. The molecule has 0 saturated carbocycles. The Morgan fingerprint density at radius 1 is 1.33 bits per heavy atom. The van der Waals surface area contributed by atoms with E-state index < -0.39 is 0 Å². The van der Waals surface area contributed by atoms with Crippen molar-refractivity contribution in [2.24, 2.45) is 10.9 Å². The lowest BCUT2D eigenvalue weighted by atomic mass is 9.97. The summed E-state index contributed by atoms with van der Waals surface area (Å²) in [5, 5.41) is 6.91. The van der Waals surface area contributed by atoms with Gasteiger partial charge >= 0.3 is 0 Å². The van der Waals surface area contributed by atoms with E-state index in [9.17, 15) is 0 Å². The molecule has 0 aliphatic carbocycles. The maximum absolute atomic E-state index is 4.74. The molecule has 1 unspecified atom stereocenters. The van der Waals surface area contributed by atoms with Crippen LogP contribution in [0.5, 0.6) is 0 Å². The van der Waals surface area contributed by atoms with Crippen molar-refractivity contribution in [1.29, 1.82) is 0 Å². The van der Waals surface area contributed by atoms with Crippen LogP contribution in [0.3, 0.4) is 0 Å². The third kappa shape index (κ3) is 6.16. The van der Waals surface area contributed by atoms with Crippen LogP contribution >= 0.6 is 0 Å². The number of hydrogen-bond acceptors (Lipinski definition) is 2. The van der Waals surface area contributed by atoms with Gasteiger partial charge in [-0.25, -0.2) is 4.99 Å². The fourth-order valence-electron chi connectivity index (χ4n) is 3.30. The molecule has 134 valence electrons. The monoisotopic (exact) mass is 330 g/mol. The lowest BCUT2D eigenvalue weighted by molar-refractivity contribution is 0.141. The van der Waals surface area contributed by atoms with E-state index in [0.717, 1.165) is 25.6 Å². The summed E-state index contributed by atoms with van der Waals surface area (Å²) < 4.78 is 0. The number of aliphatic imine (C=N–C) groups is 1. The number of guanidine groups is 1. The summed E-state index contributed by atoms with van der Waals surface area (Å²) in [6, 6.07) is 9.22. The van der Waals surface area contributed by atoms with E-state index in [0.29, 0.717) is 12.0 Å². The van der Waals surface area contributed by atoms with E-state index in [1.165, 1.54) is 37.1 Å². The molecule has 0 bridgehead atoms. The second kappa shape index (κ2) is 9.67. The molecule has 0 radical (unpaired) electrons. The molecule has 0 aromatic heterocycles. The molecule has 2 N–H and O–H groups in total. The summed E-state index contributed by atoms with van der Waals surface area (Å²) in [4.78, 5) is 7.33. The minimum Gasteiger partial charge on any atom is -0.357 e. The maximum atomic E-state index is 4.74. The van der Waals surface area contributed by atoms with Gasteiger partial charge in [0.2, 0.25) is 0 Å². The Morgan fingerprint density at radius 2 is 2.17 bits per heavy atom. The van der Waals surface area contributed by atoms with Gasteiger partial charge in [0.1, 0.15) is 0 Å². The molecule has 1 saturated heterocycles. The molecule has 1 aromatic carbocycles. The molecule has 2 rings (SSSR count). The first kappa shape index (κ1) is 18.8. The fraction of sp³-hybridized carbons (Fsp3) is 0.650. The molecular weight excluding hydrogens is 296 g/mol. The van der Waals surface area contributed by atoms with Gasteiger partial charge in [0.05, 0.1) is 6.54 Å². The lowest BCUT2D eigenvalue weighted by Gasteiger charge is -2.35. The zero-order chi connectivity index (χ0) is 17.4. The Labute approximate surface area is 147 Å². The summed E-state index contributed by atoms with van der Waals surface area (Å²) in [5.74, 6) is 1.64. The van der Waals surface area contributed by atoms with Crippen molar-refractivity contribution in [1.82, 2.24) is 15.5 Å². The highest BCUT2D eigenvalue weighted by atomic mass is 15.2. The van der Waals surface area contributed by atoms with Gasteiger partial charge in [-0.05, 0) is 58.6 Å². The third-order valence-corrected chi connectivity index (χ3v) is 4.69. The van der Waals surface area contributed by atoms with Crippen LogP contribution in [0.25, 0.3) is 0 Å². The number of nitrogens with one attached hydrogen (secondary N) is 2. The molecule has 24 heavy (non-hydrogen) atoms.